The Labute approximate surface area is 209 Å². The van der Waals surface area contributed by atoms with Gasteiger partial charge in [0.1, 0.15) is 11.6 Å². The molecular weight excluding hydrogens is 481 g/mol. The number of ether oxygens (including phenoxy) is 1. The lowest BCUT2D eigenvalue weighted by atomic mass is 9.96. The molecule has 7 nitrogen and oxygen atoms in total. The van der Waals surface area contributed by atoms with Crippen molar-refractivity contribution in [2.45, 2.75) is 18.0 Å². The van der Waals surface area contributed by atoms with E-state index in [1.54, 1.807) is 23.8 Å². The molecule has 0 spiro atoms. The predicted octanol–water partition coefficient (Wildman–Crippen LogP) is 3.86. The van der Waals surface area contributed by atoms with E-state index < -0.39 is 15.8 Å². The molecular formula is C27H28FN3O4S. The van der Waals surface area contributed by atoms with Crippen molar-refractivity contribution in [3.05, 3.63) is 94.7 Å². The fourth-order valence-electron chi connectivity index (χ4n) is 4.22. The number of fused-ring (bicyclic) bond motifs is 1. The van der Waals surface area contributed by atoms with E-state index in [1.807, 2.05) is 55.4 Å². The zero-order chi connectivity index (χ0) is 25.9. The van der Waals surface area contributed by atoms with Crippen LogP contribution in [0, 0.1) is 5.82 Å². The van der Waals surface area contributed by atoms with Crippen LogP contribution in [0.3, 0.4) is 0 Å². The van der Waals surface area contributed by atoms with Gasteiger partial charge in [-0.3, -0.25) is 4.79 Å². The Kier molecular flexibility index (Phi) is 7.53. The van der Waals surface area contributed by atoms with Crippen LogP contribution >= 0.6 is 0 Å². The van der Waals surface area contributed by atoms with E-state index in [2.05, 4.69) is 4.72 Å². The summed E-state index contributed by atoms with van der Waals surface area (Å²) in [6.07, 6.45) is 0. The third-order valence-corrected chi connectivity index (χ3v) is 7.34. The quantitative estimate of drug-likeness (QED) is 0.371. The van der Waals surface area contributed by atoms with Gasteiger partial charge in [-0.15, -0.1) is 0 Å². The number of halogens is 1. The first-order valence-corrected chi connectivity index (χ1v) is 12.9. The highest BCUT2D eigenvalue weighted by Gasteiger charge is 2.20. The minimum Gasteiger partial charge on any atom is -0.497 e. The van der Waals surface area contributed by atoms with Crippen molar-refractivity contribution in [2.24, 2.45) is 0 Å². The number of pyridine rings is 1. The van der Waals surface area contributed by atoms with Crippen LogP contribution in [0.2, 0.25) is 0 Å². The molecule has 0 unspecified atom stereocenters. The monoisotopic (exact) mass is 509 g/mol. The van der Waals surface area contributed by atoms with Gasteiger partial charge in [0.25, 0.3) is 5.56 Å². The van der Waals surface area contributed by atoms with E-state index in [-0.39, 0.29) is 23.5 Å². The molecule has 0 saturated carbocycles. The number of hydrogen-bond donors (Lipinski definition) is 1. The van der Waals surface area contributed by atoms with Crippen molar-refractivity contribution in [2.75, 3.05) is 27.7 Å². The summed E-state index contributed by atoms with van der Waals surface area (Å²) in [5, 5.41) is 1.28. The van der Waals surface area contributed by atoms with Gasteiger partial charge in [0.2, 0.25) is 10.0 Å². The van der Waals surface area contributed by atoms with Crippen LogP contribution in [0.1, 0.15) is 5.69 Å². The summed E-state index contributed by atoms with van der Waals surface area (Å²) in [7, 11) is 1.54. The van der Waals surface area contributed by atoms with Crippen LogP contribution in [0.4, 0.5) is 4.39 Å². The van der Waals surface area contributed by atoms with Gasteiger partial charge < -0.3 is 14.2 Å². The Balaban J connectivity index is 1.82. The van der Waals surface area contributed by atoms with Gasteiger partial charge in [-0.05, 0) is 62.1 Å². The third kappa shape index (κ3) is 5.33. The maximum Gasteiger partial charge on any atom is 0.258 e. The minimum atomic E-state index is -3.87. The van der Waals surface area contributed by atoms with Crippen LogP contribution in [0.15, 0.2) is 82.5 Å². The summed E-state index contributed by atoms with van der Waals surface area (Å²) in [6, 6.07) is 19.7. The van der Waals surface area contributed by atoms with Gasteiger partial charge in [-0.1, -0.05) is 30.3 Å². The van der Waals surface area contributed by atoms with Crippen LogP contribution < -0.4 is 15.0 Å². The van der Waals surface area contributed by atoms with Crippen LogP contribution in [0.25, 0.3) is 21.9 Å². The molecule has 0 fully saturated rings. The van der Waals surface area contributed by atoms with E-state index in [4.69, 9.17) is 4.74 Å². The SMILES string of the molecule is COc1ccc2c(=O)n(CCNS(=O)(=O)c3ccc(F)cc3)c(CN(C)C)c(-c3ccccc3)c2c1. The molecule has 36 heavy (non-hydrogen) atoms. The van der Waals surface area contributed by atoms with Gasteiger partial charge >= 0.3 is 0 Å². The smallest absolute Gasteiger partial charge is 0.258 e. The van der Waals surface area contributed by atoms with E-state index in [9.17, 15) is 17.6 Å². The van der Waals surface area contributed by atoms with Crippen LogP contribution in [-0.2, 0) is 23.1 Å². The minimum absolute atomic E-state index is 0.0179. The number of hydrogen-bond acceptors (Lipinski definition) is 5. The number of nitrogens with zero attached hydrogens (tertiary/aromatic N) is 2. The first-order valence-electron chi connectivity index (χ1n) is 11.4. The molecule has 1 aromatic heterocycles. The highest BCUT2D eigenvalue weighted by molar-refractivity contribution is 7.89. The van der Waals surface area contributed by atoms with E-state index in [0.717, 1.165) is 34.3 Å². The molecule has 0 saturated heterocycles. The van der Waals surface area contributed by atoms with Crippen molar-refractivity contribution < 1.29 is 17.5 Å². The second-order valence-electron chi connectivity index (χ2n) is 8.65. The second-order valence-corrected chi connectivity index (χ2v) is 10.4. The summed E-state index contributed by atoms with van der Waals surface area (Å²) in [5.41, 5.74) is 2.37. The lowest BCUT2D eigenvalue weighted by Gasteiger charge is -2.23. The fraction of sp³-hybridized carbons (Fsp3) is 0.222. The molecule has 188 valence electrons. The molecule has 0 aliphatic rings. The molecule has 0 atom stereocenters. The van der Waals surface area contributed by atoms with Gasteiger partial charge in [0.05, 0.1) is 12.0 Å². The summed E-state index contributed by atoms with van der Waals surface area (Å²) in [6.45, 7) is 0.553. The number of sulfonamides is 1. The van der Waals surface area contributed by atoms with Crippen LogP contribution in [0.5, 0.6) is 5.75 Å². The average molecular weight is 510 g/mol. The van der Waals surface area contributed by atoms with Crippen molar-refractivity contribution in [3.8, 4) is 16.9 Å². The lowest BCUT2D eigenvalue weighted by Crippen LogP contribution is -2.34. The van der Waals surface area contributed by atoms with Gasteiger partial charge in [0.15, 0.2) is 0 Å². The normalized spacial score (nSPS) is 11.8. The maximum atomic E-state index is 13.7. The predicted molar refractivity (Wildman–Crippen MR) is 139 cm³/mol. The number of rotatable bonds is 9. The van der Waals surface area contributed by atoms with Gasteiger partial charge in [-0.2, -0.15) is 0 Å². The van der Waals surface area contributed by atoms with Gasteiger partial charge in [-0.25, -0.2) is 17.5 Å². The average Bonchev–Trinajstić information content (AvgIpc) is 2.86. The fourth-order valence-corrected chi connectivity index (χ4v) is 5.24. The maximum absolute atomic E-state index is 13.7. The van der Waals surface area contributed by atoms with Crippen molar-refractivity contribution in [1.82, 2.24) is 14.2 Å². The molecule has 1 N–H and O–H groups in total. The molecule has 0 amide bonds. The number of benzene rings is 3. The Hall–Kier alpha value is -3.53. The lowest BCUT2D eigenvalue weighted by molar-refractivity contribution is 0.385. The van der Waals surface area contributed by atoms with E-state index in [0.29, 0.717) is 17.7 Å². The van der Waals surface area contributed by atoms with Crippen molar-refractivity contribution in [1.29, 1.82) is 0 Å². The highest BCUT2D eigenvalue weighted by atomic mass is 32.2. The molecule has 9 heteroatoms. The molecule has 1 heterocycles. The number of aromatic nitrogens is 1. The molecule has 3 aromatic carbocycles. The van der Waals surface area contributed by atoms with Crippen molar-refractivity contribution in [3.63, 3.8) is 0 Å². The Morgan fingerprint density at radius 3 is 2.31 bits per heavy atom. The largest absolute Gasteiger partial charge is 0.497 e. The van der Waals surface area contributed by atoms with Crippen LogP contribution in [-0.4, -0.2) is 45.6 Å². The third-order valence-electron chi connectivity index (χ3n) is 5.87. The summed E-state index contributed by atoms with van der Waals surface area (Å²) < 4.78 is 48.2. The number of nitrogens with one attached hydrogen (secondary N) is 1. The summed E-state index contributed by atoms with van der Waals surface area (Å²) in [5.74, 6) is 0.120. The van der Waals surface area contributed by atoms with Crippen molar-refractivity contribution >= 4 is 20.8 Å². The molecule has 4 rings (SSSR count). The standard InChI is InChI=1S/C27H28FN3O4S/c1-30(2)18-25-26(19-7-5-4-6-8-19)24-17-21(35-3)11-14-23(24)27(32)31(25)16-15-29-36(33,34)22-12-9-20(28)10-13-22/h4-14,17,29H,15-16,18H2,1-3H3. The number of methoxy groups -OCH3 is 1. The molecule has 0 radical (unpaired) electrons. The van der Waals surface area contributed by atoms with E-state index >= 15 is 0 Å². The molecule has 0 aliphatic heterocycles. The van der Waals surface area contributed by atoms with Gasteiger partial charge in [0, 0.05) is 41.7 Å². The summed E-state index contributed by atoms with van der Waals surface area (Å²) in [4.78, 5) is 15.6. The molecule has 0 bridgehead atoms. The summed E-state index contributed by atoms with van der Waals surface area (Å²) >= 11 is 0. The Morgan fingerprint density at radius 1 is 0.972 bits per heavy atom. The first kappa shape index (κ1) is 25.6. The topological polar surface area (TPSA) is 80.6 Å². The first-order chi connectivity index (χ1) is 17.2. The highest BCUT2D eigenvalue weighted by Crippen LogP contribution is 2.33. The zero-order valence-electron chi connectivity index (χ0n) is 20.4. The zero-order valence-corrected chi connectivity index (χ0v) is 21.2. The Bertz CT molecular complexity index is 1530. The van der Waals surface area contributed by atoms with E-state index in [1.165, 1.54) is 12.1 Å². The molecule has 0 aliphatic carbocycles. The second kappa shape index (κ2) is 10.6. The Morgan fingerprint density at radius 2 is 1.67 bits per heavy atom. The molecule has 4 aromatic rings.